The predicted molar refractivity (Wildman–Crippen MR) is 93.5 cm³/mol. The normalized spacial score (nSPS) is 21.0. The van der Waals surface area contributed by atoms with E-state index < -0.39 is 46.4 Å². The van der Waals surface area contributed by atoms with E-state index in [2.05, 4.69) is 15.5 Å². The molecule has 2 N–H and O–H groups in total. The van der Waals surface area contributed by atoms with Gasteiger partial charge < -0.3 is 10.4 Å². The molecule has 150 valence electrons. The molecule has 0 aromatic heterocycles. The van der Waals surface area contributed by atoms with E-state index in [1.165, 1.54) is 31.2 Å². The van der Waals surface area contributed by atoms with Crippen molar-refractivity contribution in [2.24, 2.45) is 10.2 Å². The number of benzene rings is 2. The lowest BCUT2D eigenvalue weighted by Crippen LogP contribution is -2.37. The van der Waals surface area contributed by atoms with Crippen molar-refractivity contribution in [2.45, 2.75) is 31.1 Å². The van der Waals surface area contributed by atoms with Crippen LogP contribution in [0.25, 0.3) is 0 Å². The number of aromatic hydroxyl groups is 1. The number of alkyl halides is 3. The van der Waals surface area contributed by atoms with Crippen LogP contribution in [0.3, 0.4) is 0 Å². The Bertz CT molecular complexity index is 1050. The molecule has 1 amide bonds. The molecule has 2 atom stereocenters. The second-order valence-corrected chi connectivity index (χ2v) is 6.71. The molecule has 3 rings (SSSR count). The van der Waals surface area contributed by atoms with Crippen LogP contribution in [0.5, 0.6) is 5.75 Å². The summed E-state index contributed by atoms with van der Waals surface area (Å²) >= 11 is 0. The minimum absolute atomic E-state index is 0.0156. The van der Waals surface area contributed by atoms with Gasteiger partial charge in [0.15, 0.2) is 17.1 Å². The van der Waals surface area contributed by atoms with Crippen molar-refractivity contribution >= 4 is 11.6 Å². The first-order chi connectivity index (χ1) is 13.5. The minimum atomic E-state index is -4.76. The number of anilines is 1. The highest BCUT2D eigenvalue weighted by molar-refractivity contribution is 5.98. The summed E-state index contributed by atoms with van der Waals surface area (Å²) < 4.78 is 52.8. The quantitative estimate of drug-likeness (QED) is 0.722. The monoisotopic (exact) mass is 406 g/mol. The maximum absolute atomic E-state index is 13.6. The summed E-state index contributed by atoms with van der Waals surface area (Å²) in [5, 5.41) is 28.9. The zero-order valence-electron chi connectivity index (χ0n) is 15.0. The molecule has 29 heavy (non-hydrogen) atoms. The number of para-hydroxylation sites is 1. The van der Waals surface area contributed by atoms with Crippen molar-refractivity contribution < 1.29 is 27.5 Å². The summed E-state index contributed by atoms with van der Waals surface area (Å²) in [6.45, 7) is 1.43. The van der Waals surface area contributed by atoms with Gasteiger partial charge in [0.05, 0.1) is 17.2 Å². The molecule has 1 aliphatic rings. The SMILES string of the molecule is CC1(C(=O)Nc2ccc(C#N)c(C(F)(F)F)c2)CC(c2cccc(F)c2O)N=N1. The van der Waals surface area contributed by atoms with Gasteiger partial charge in [-0.2, -0.15) is 28.7 Å². The molecular formula is C19H14F4N4O2. The van der Waals surface area contributed by atoms with Gasteiger partial charge in [-0.1, -0.05) is 12.1 Å². The second kappa shape index (κ2) is 7.16. The molecule has 0 aliphatic carbocycles. The summed E-state index contributed by atoms with van der Waals surface area (Å²) in [5.41, 5.74) is -3.17. The number of rotatable bonds is 3. The number of carbonyl (C=O) groups is 1. The Kier molecular flexibility index (Phi) is 5.00. The van der Waals surface area contributed by atoms with Gasteiger partial charge in [0.1, 0.15) is 6.04 Å². The maximum Gasteiger partial charge on any atom is 0.417 e. The van der Waals surface area contributed by atoms with Crippen LogP contribution in [0.15, 0.2) is 46.6 Å². The van der Waals surface area contributed by atoms with Crippen LogP contribution >= 0.6 is 0 Å². The topological polar surface area (TPSA) is 97.8 Å². The van der Waals surface area contributed by atoms with E-state index in [0.717, 1.165) is 12.1 Å². The second-order valence-electron chi connectivity index (χ2n) is 6.71. The molecule has 1 aliphatic heterocycles. The number of nitrogens with zero attached hydrogens (tertiary/aromatic N) is 3. The molecule has 1 heterocycles. The van der Waals surface area contributed by atoms with Gasteiger partial charge in [-0.3, -0.25) is 4.79 Å². The van der Waals surface area contributed by atoms with E-state index in [1.807, 2.05) is 0 Å². The molecule has 2 aromatic rings. The number of amides is 1. The Morgan fingerprint density at radius 3 is 2.72 bits per heavy atom. The maximum atomic E-state index is 13.6. The summed E-state index contributed by atoms with van der Waals surface area (Å²) in [5.74, 6) is -2.16. The Hall–Kier alpha value is -3.48. The summed E-state index contributed by atoms with van der Waals surface area (Å²) in [6, 6.07) is 7.38. The molecule has 6 nitrogen and oxygen atoms in total. The fourth-order valence-corrected chi connectivity index (χ4v) is 2.99. The lowest BCUT2D eigenvalue weighted by atomic mass is 9.91. The molecule has 2 unspecified atom stereocenters. The lowest BCUT2D eigenvalue weighted by Gasteiger charge is -2.20. The Morgan fingerprint density at radius 2 is 2.07 bits per heavy atom. The average Bonchev–Trinajstić information content (AvgIpc) is 3.06. The van der Waals surface area contributed by atoms with Crippen LogP contribution in [-0.2, 0) is 11.0 Å². The number of halogens is 4. The van der Waals surface area contributed by atoms with Crippen LogP contribution in [-0.4, -0.2) is 16.6 Å². The third kappa shape index (κ3) is 3.89. The minimum Gasteiger partial charge on any atom is -0.505 e. The van der Waals surface area contributed by atoms with Crippen molar-refractivity contribution in [1.29, 1.82) is 5.26 Å². The zero-order valence-corrected chi connectivity index (χ0v) is 15.0. The van der Waals surface area contributed by atoms with Crippen molar-refractivity contribution in [3.63, 3.8) is 0 Å². The van der Waals surface area contributed by atoms with Crippen LogP contribution in [0.1, 0.15) is 36.1 Å². The Morgan fingerprint density at radius 1 is 1.34 bits per heavy atom. The van der Waals surface area contributed by atoms with Crippen LogP contribution in [0.4, 0.5) is 23.2 Å². The molecule has 0 saturated heterocycles. The smallest absolute Gasteiger partial charge is 0.417 e. The van der Waals surface area contributed by atoms with E-state index in [4.69, 9.17) is 5.26 Å². The number of phenols is 1. The van der Waals surface area contributed by atoms with Gasteiger partial charge in [0.25, 0.3) is 5.91 Å². The van der Waals surface area contributed by atoms with Gasteiger partial charge in [0, 0.05) is 17.7 Å². The molecule has 10 heteroatoms. The van der Waals surface area contributed by atoms with Crippen LogP contribution < -0.4 is 5.32 Å². The highest BCUT2D eigenvalue weighted by atomic mass is 19.4. The lowest BCUT2D eigenvalue weighted by molar-refractivity contribution is -0.137. The van der Waals surface area contributed by atoms with Gasteiger partial charge in [-0.25, -0.2) is 4.39 Å². The molecule has 0 spiro atoms. The largest absolute Gasteiger partial charge is 0.505 e. The van der Waals surface area contributed by atoms with E-state index in [-0.39, 0.29) is 17.7 Å². The first-order valence-corrected chi connectivity index (χ1v) is 8.37. The highest BCUT2D eigenvalue weighted by Gasteiger charge is 2.42. The van der Waals surface area contributed by atoms with Gasteiger partial charge in [0.2, 0.25) is 0 Å². The number of nitriles is 1. The molecule has 0 radical (unpaired) electrons. The average molecular weight is 406 g/mol. The van der Waals surface area contributed by atoms with Crippen molar-refractivity contribution in [1.82, 2.24) is 0 Å². The number of hydrogen-bond donors (Lipinski definition) is 2. The number of nitrogens with one attached hydrogen (secondary N) is 1. The fraction of sp³-hybridized carbons (Fsp3) is 0.263. The highest BCUT2D eigenvalue weighted by Crippen LogP contribution is 2.41. The number of phenolic OH excluding ortho intramolecular Hbond substituents is 1. The van der Waals surface area contributed by atoms with E-state index in [1.54, 1.807) is 0 Å². The first-order valence-electron chi connectivity index (χ1n) is 8.37. The Labute approximate surface area is 162 Å². The van der Waals surface area contributed by atoms with E-state index in [0.29, 0.717) is 6.07 Å². The Balaban J connectivity index is 1.81. The summed E-state index contributed by atoms with van der Waals surface area (Å²) in [4.78, 5) is 12.6. The fourth-order valence-electron chi connectivity index (χ4n) is 2.99. The van der Waals surface area contributed by atoms with Gasteiger partial charge >= 0.3 is 6.18 Å². The van der Waals surface area contributed by atoms with Crippen molar-refractivity contribution in [3.05, 3.63) is 58.9 Å². The first kappa shape index (κ1) is 20.3. The van der Waals surface area contributed by atoms with Gasteiger partial charge in [-0.15, -0.1) is 0 Å². The number of azo groups is 1. The van der Waals surface area contributed by atoms with E-state index >= 15 is 0 Å². The molecular weight excluding hydrogens is 392 g/mol. The summed E-state index contributed by atoms with van der Waals surface area (Å²) in [7, 11) is 0. The van der Waals surface area contributed by atoms with Crippen molar-refractivity contribution in [3.8, 4) is 11.8 Å². The molecule has 0 bridgehead atoms. The predicted octanol–water partition coefficient (Wildman–Crippen LogP) is 4.72. The molecule has 0 fully saturated rings. The van der Waals surface area contributed by atoms with Crippen molar-refractivity contribution in [2.75, 3.05) is 5.32 Å². The van der Waals surface area contributed by atoms with Gasteiger partial charge in [-0.05, 0) is 31.2 Å². The van der Waals surface area contributed by atoms with E-state index in [9.17, 15) is 27.5 Å². The molecule has 0 saturated carbocycles. The third-order valence-electron chi connectivity index (χ3n) is 4.58. The number of carbonyl (C=O) groups excluding carboxylic acids is 1. The third-order valence-corrected chi connectivity index (χ3v) is 4.58. The zero-order chi connectivity index (χ0) is 21.4. The number of hydrogen-bond acceptors (Lipinski definition) is 5. The van der Waals surface area contributed by atoms with Crippen LogP contribution in [0.2, 0.25) is 0 Å². The standard InChI is InChI=1S/C19H14F4N4O2/c1-18(8-15(26-27-18)12-3-2-4-14(20)16(12)28)17(29)25-11-6-5-10(9-24)13(7-11)19(21,22)23/h2-7,15,28H,8H2,1H3,(H,25,29). The van der Waals surface area contributed by atoms with Crippen LogP contribution in [0, 0.1) is 17.1 Å². The summed E-state index contributed by atoms with van der Waals surface area (Å²) in [6.07, 6.45) is -4.78. The molecule has 2 aromatic carbocycles.